The summed E-state index contributed by atoms with van der Waals surface area (Å²) in [6.45, 7) is 2.07. The molecular weight excluding hydrogens is 238 g/mol. The molecule has 3 nitrogen and oxygen atoms in total. The van der Waals surface area contributed by atoms with E-state index in [0.29, 0.717) is 11.8 Å². The molecule has 1 aromatic rings. The Morgan fingerprint density at radius 2 is 2.11 bits per heavy atom. The lowest BCUT2D eigenvalue weighted by Gasteiger charge is -2.36. The van der Waals surface area contributed by atoms with Crippen LogP contribution in [0.3, 0.4) is 0 Å². The maximum absolute atomic E-state index is 12.3. The van der Waals surface area contributed by atoms with Gasteiger partial charge in [-0.3, -0.25) is 0 Å². The molecule has 0 radical (unpaired) electrons. The molecule has 19 heavy (non-hydrogen) atoms. The largest absolute Gasteiger partial charge is 0.467 e. The fourth-order valence-corrected chi connectivity index (χ4v) is 3.53. The number of benzene rings is 1. The van der Waals surface area contributed by atoms with Gasteiger partial charge in [0.2, 0.25) is 0 Å². The normalized spacial score (nSPS) is 32.3. The molecule has 102 valence electrons. The molecule has 0 aliphatic heterocycles. The van der Waals surface area contributed by atoms with Crippen molar-refractivity contribution in [1.82, 2.24) is 0 Å². The maximum atomic E-state index is 12.3. The van der Waals surface area contributed by atoms with Crippen LogP contribution < -0.4 is 5.32 Å². The van der Waals surface area contributed by atoms with Gasteiger partial charge in [-0.15, -0.1) is 0 Å². The summed E-state index contributed by atoms with van der Waals surface area (Å²) in [6.07, 6.45) is 4.41. The van der Waals surface area contributed by atoms with Crippen molar-refractivity contribution in [3.63, 3.8) is 0 Å². The Labute approximate surface area is 114 Å². The monoisotopic (exact) mass is 259 g/mol. The lowest BCUT2D eigenvalue weighted by Crippen LogP contribution is -2.51. The van der Waals surface area contributed by atoms with Gasteiger partial charge in [0, 0.05) is 5.69 Å². The molecule has 0 amide bonds. The number of hydrogen-bond acceptors (Lipinski definition) is 3. The van der Waals surface area contributed by atoms with Crippen LogP contribution in [0, 0.1) is 18.8 Å². The van der Waals surface area contributed by atoms with Crippen LogP contribution in [0.5, 0.6) is 0 Å². The highest BCUT2D eigenvalue weighted by atomic mass is 16.5. The fourth-order valence-electron chi connectivity index (χ4n) is 3.53. The van der Waals surface area contributed by atoms with Crippen LogP contribution in [-0.2, 0) is 9.53 Å². The third-order valence-electron chi connectivity index (χ3n) is 4.67. The number of rotatable bonds is 3. The molecule has 2 fully saturated rings. The molecule has 2 aliphatic carbocycles. The van der Waals surface area contributed by atoms with Crippen molar-refractivity contribution in [1.29, 1.82) is 0 Å². The second kappa shape index (κ2) is 4.55. The van der Waals surface area contributed by atoms with Gasteiger partial charge >= 0.3 is 5.97 Å². The molecule has 0 saturated heterocycles. The minimum absolute atomic E-state index is 0.0970. The zero-order chi connectivity index (χ0) is 13.5. The van der Waals surface area contributed by atoms with Gasteiger partial charge in [-0.05, 0) is 50.2 Å². The molecule has 3 atom stereocenters. The van der Waals surface area contributed by atoms with E-state index in [1.807, 2.05) is 12.1 Å². The third kappa shape index (κ3) is 2.11. The average molecular weight is 259 g/mol. The molecule has 0 bridgehead atoms. The van der Waals surface area contributed by atoms with Gasteiger partial charge in [-0.25, -0.2) is 4.79 Å². The van der Waals surface area contributed by atoms with E-state index in [0.717, 1.165) is 24.9 Å². The summed E-state index contributed by atoms with van der Waals surface area (Å²) in [5.74, 6) is 1.07. The molecule has 1 N–H and O–H groups in total. The summed E-state index contributed by atoms with van der Waals surface area (Å²) < 4.78 is 5.08. The highest BCUT2D eigenvalue weighted by Gasteiger charge is 2.59. The SMILES string of the molecule is COC(=O)C1(Nc2ccc(C)cc2)CCCC2CC21. The molecule has 3 heteroatoms. The van der Waals surface area contributed by atoms with E-state index < -0.39 is 5.54 Å². The van der Waals surface area contributed by atoms with Crippen LogP contribution in [-0.4, -0.2) is 18.6 Å². The predicted octanol–water partition coefficient (Wildman–Crippen LogP) is 3.14. The Balaban J connectivity index is 1.87. The van der Waals surface area contributed by atoms with Gasteiger partial charge in [0.15, 0.2) is 0 Å². The summed E-state index contributed by atoms with van der Waals surface area (Å²) in [7, 11) is 1.49. The van der Waals surface area contributed by atoms with Crippen molar-refractivity contribution in [2.24, 2.45) is 11.8 Å². The van der Waals surface area contributed by atoms with Crippen molar-refractivity contribution in [2.45, 2.75) is 38.1 Å². The van der Waals surface area contributed by atoms with E-state index in [1.165, 1.54) is 19.1 Å². The Hall–Kier alpha value is -1.51. The first-order chi connectivity index (χ1) is 9.15. The van der Waals surface area contributed by atoms with E-state index in [1.54, 1.807) is 0 Å². The number of aryl methyl sites for hydroxylation is 1. The van der Waals surface area contributed by atoms with E-state index in [2.05, 4.69) is 24.4 Å². The van der Waals surface area contributed by atoms with Gasteiger partial charge in [-0.1, -0.05) is 24.1 Å². The highest BCUT2D eigenvalue weighted by molar-refractivity contribution is 5.86. The third-order valence-corrected chi connectivity index (χ3v) is 4.67. The predicted molar refractivity (Wildman–Crippen MR) is 75.0 cm³/mol. The number of carbonyl (C=O) groups excluding carboxylic acids is 1. The van der Waals surface area contributed by atoms with Crippen LogP contribution >= 0.6 is 0 Å². The molecule has 0 heterocycles. The summed E-state index contributed by atoms with van der Waals surface area (Å²) in [5.41, 5.74) is 1.75. The Morgan fingerprint density at radius 1 is 1.37 bits per heavy atom. The Bertz CT molecular complexity index is 482. The quantitative estimate of drug-likeness (QED) is 0.847. The molecular formula is C16H21NO2. The summed E-state index contributed by atoms with van der Waals surface area (Å²) >= 11 is 0. The van der Waals surface area contributed by atoms with Crippen LogP contribution in [0.1, 0.15) is 31.2 Å². The molecule has 2 saturated carbocycles. The standard InChI is InChI=1S/C16H21NO2/c1-11-5-7-13(8-6-11)17-16(15(18)19-2)9-3-4-12-10-14(12)16/h5-8,12,14,17H,3-4,9-10H2,1-2H3. The minimum Gasteiger partial charge on any atom is -0.467 e. The van der Waals surface area contributed by atoms with Crippen molar-refractivity contribution in [3.8, 4) is 0 Å². The summed E-state index contributed by atoms with van der Waals surface area (Å²) in [5, 5.41) is 3.49. The second-order valence-corrected chi connectivity index (χ2v) is 5.95. The van der Waals surface area contributed by atoms with Crippen LogP contribution in [0.4, 0.5) is 5.69 Å². The molecule has 3 rings (SSSR count). The maximum Gasteiger partial charge on any atom is 0.331 e. The van der Waals surface area contributed by atoms with Crippen LogP contribution in [0.15, 0.2) is 24.3 Å². The first kappa shape index (κ1) is 12.5. The topological polar surface area (TPSA) is 38.3 Å². The lowest BCUT2D eigenvalue weighted by atomic mass is 9.81. The molecule has 3 unspecified atom stereocenters. The fraction of sp³-hybridized carbons (Fsp3) is 0.562. The van der Waals surface area contributed by atoms with Crippen molar-refractivity contribution >= 4 is 11.7 Å². The molecule has 0 spiro atoms. The van der Waals surface area contributed by atoms with E-state index in [-0.39, 0.29) is 5.97 Å². The van der Waals surface area contributed by atoms with Gasteiger partial charge < -0.3 is 10.1 Å². The Kier molecular flexibility index (Phi) is 3.00. The number of fused-ring (bicyclic) bond motifs is 1. The summed E-state index contributed by atoms with van der Waals surface area (Å²) in [4.78, 5) is 12.3. The summed E-state index contributed by atoms with van der Waals surface area (Å²) in [6, 6.07) is 8.24. The van der Waals surface area contributed by atoms with Crippen LogP contribution in [0.2, 0.25) is 0 Å². The van der Waals surface area contributed by atoms with Crippen molar-refractivity contribution < 1.29 is 9.53 Å². The van der Waals surface area contributed by atoms with Crippen molar-refractivity contribution in [3.05, 3.63) is 29.8 Å². The molecule has 0 aromatic heterocycles. The zero-order valence-corrected chi connectivity index (χ0v) is 11.6. The van der Waals surface area contributed by atoms with Gasteiger partial charge in [0.1, 0.15) is 5.54 Å². The number of methoxy groups -OCH3 is 1. The molecule has 1 aromatic carbocycles. The number of esters is 1. The van der Waals surface area contributed by atoms with E-state index >= 15 is 0 Å². The zero-order valence-electron chi connectivity index (χ0n) is 11.6. The first-order valence-electron chi connectivity index (χ1n) is 7.09. The number of hydrogen-bond donors (Lipinski definition) is 1. The average Bonchev–Trinajstić information content (AvgIpc) is 3.21. The number of anilines is 1. The number of nitrogens with one attached hydrogen (secondary N) is 1. The van der Waals surface area contributed by atoms with Gasteiger partial charge in [0.05, 0.1) is 7.11 Å². The first-order valence-corrected chi connectivity index (χ1v) is 7.09. The highest BCUT2D eigenvalue weighted by Crippen LogP contribution is 2.56. The van der Waals surface area contributed by atoms with E-state index in [9.17, 15) is 4.79 Å². The van der Waals surface area contributed by atoms with Gasteiger partial charge in [-0.2, -0.15) is 0 Å². The minimum atomic E-state index is -0.493. The van der Waals surface area contributed by atoms with Gasteiger partial charge in [0.25, 0.3) is 0 Å². The second-order valence-electron chi connectivity index (χ2n) is 5.95. The smallest absolute Gasteiger partial charge is 0.331 e. The van der Waals surface area contributed by atoms with E-state index in [4.69, 9.17) is 4.74 Å². The Morgan fingerprint density at radius 3 is 2.79 bits per heavy atom. The van der Waals surface area contributed by atoms with Crippen LogP contribution in [0.25, 0.3) is 0 Å². The number of ether oxygens (including phenoxy) is 1. The molecule has 2 aliphatic rings. The lowest BCUT2D eigenvalue weighted by molar-refractivity contribution is -0.147. The number of carbonyl (C=O) groups is 1. The van der Waals surface area contributed by atoms with Crippen molar-refractivity contribution in [2.75, 3.05) is 12.4 Å².